The SMILES string of the molecule is COCc1nc(N2CCN(c3cnccn3)CC2)c2c(-c3ccccc3)csc2n1. The van der Waals surface area contributed by atoms with Crippen LogP contribution in [0.25, 0.3) is 21.3 Å². The highest BCUT2D eigenvalue weighted by Crippen LogP contribution is 2.38. The van der Waals surface area contributed by atoms with Gasteiger partial charge in [-0.3, -0.25) is 4.98 Å². The maximum absolute atomic E-state index is 5.32. The van der Waals surface area contributed by atoms with E-state index in [1.54, 1.807) is 30.8 Å². The Morgan fingerprint density at radius 1 is 1.00 bits per heavy atom. The van der Waals surface area contributed by atoms with E-state index in [1.165, 1.54) is 11.1 Å². The van der Waals surface area contributed by atoms with Gasteiger partial charge in [0.25, 0.3) is 0 Å². The Labute approximate surface area is 179 Å². The van der Waals surface area contributed by atoms with Crippen molar-refractivity contribution in [3.63, 3.8) is 0 Å². The molecule has 5 rings (SSSR count). The summed E-state index contributed by atoms with van der Waals surface area (Å²) in [4.78, 5) is 23.9. The number of fused-ring (bicyclic) bond motifs is 1. The highest BCUT2D eigenvalue weighted by molar-refractivity contribution is 7.17. The van der Waals surface area contributed by atoms with E-state index in [0.717, 1.165) is 53.9 Å². The van der Waals surface area contributed by atoms with Crippen LogP contribution < -0.4 is 9.80 Å². The first kappa shape index (κ1) is 18.9. The second-order valence-electron chi connectivity index (χ2n) is 7.13. The van der Waals surface area contributed by atoms with Crippen LogP contribution in [0.5, 0.6) is 0 Å². The van der Waals surface area contributed by atoms with Crippen LogP contribution in [0.4, 0.5) is 11.6 Å². The van der Waals surface area contributed by atoms with E-state index >= 15 is 0 Å². The summed E-state index contributed by atoms with van der Waals surface area (Å²) in [5.74, 6) is 2.63. The molecule has 1 saturated heterocycles. The fourth-order valence-electron chi connectivity index (χ4n) is 3.82. The molecule has 1 aliphatic heterocycles. The summed E-state index contributed by atoms with van der Waals surface area (Å²) in [5.41, 5.74) is 2.37. The van der Waals surface area contributed by atoms with Crippen molar-refractivity contribution < 1.29 is 4.74 Å². The lowest BCUT2D eigenvalue weighted by atomic mass is 10.1. The second kappa shape index (κ2) is 8.33. The van der Waals surface area contributed by atoms with E-state index in [1.807, 2.05) is 12.3 Å². The molecular weight excluding hydrogens is 396 g/mol. The Balaban J connectivity index is 1.52. The molecule has 0 atom stereocenters. The van der Waals surface area contributed by atoms with Crippen molar-refractivity contribution in [3.05, 3.63) is 60.1 Å². The molecule has 1 fully saturated rings. The van der Waals surface area contributed by atoms with Crippen molar-refractivity contribution >= 4 is 33.2 Å². The number of hydrogen-bond acceptors (Lipinski definition) is 8. The Bertz CT molecular complexity index is 1130. The van der Waals surface area contributed by atoms with Gasteiger partial charge in [0.15, 0.2) is 5.82 Å². The minimum atomic E-state index is 0.404. The molecule has 0 aliphatic carbocycles. The lowest BCUT2D eigenvalue weighted by Gasteiger charge is -2.36. The molecule has 1 aliphatic rings. The number of anilines is 2. The molecule has 3 aromatic heterocycles. The molecule has 7 nitrogen and oxygen atoms in total. The maximum Gasteiger partial charge on any atom is 0.158 e. The Morgan fingerprint density at radius 3 is 2.53 bits per heavy atom. The number of methoxy groups -OCH3 is 1. The Hall–Kier alpha value is -3.10. The third kappa shape index (κ3) is 3.59. The van der Waals surface area contributed by atoms with Gasteiger partial charge >= 0.3 is 0 Å². The van der Waals surface area contributed by atoms with Gasteiger partial charge in [-0.25, -0.2) is 15.0 Å². The number of ether oxygens (including phenoxy) is 1. The highest BCUT2D eigenvalue weighted by Gasteiger charge is 2.24. The van der Waals surface area contributed by atoms with Gasteiger partial charge in [0.2, 0.25) is 0 Å². The van der Waals surface area contributed by atoms with E-state index in [9.17, 15) is 0 Å². The number of piperazine rings is 1. The summed E-state index contributed by atoms with van der Waals surface area (Å²) in [6, 6.07) is 10.5. The lowest BCUT2D eigenvalue weighted by molar-refractivity contribution is 0.178. The van der Waals surface area contributed by atoms with Crippen molar-refractivity contribution in [1.82, 2.24) is 19.9 Å². The number of hydrogen-bond donors (Lipinski definition) is 0. The van der Waals surface area contributed by atoms with Crippen LogP contribution in [-0.2, 0) is 11.3 Å². The zero-order valence-electron chi connectivity index (χ0n) is 16.7. The van der Waals surface area contributed by atoms with Crippen LogP contribution in [0.1, 0.15) is 5.82 Å². The first-order valence-electron chi connectivity index (χ1n) is 9.92. The zero-order valence-corrected chi connectivity index (χ0v) is 17.5. The van der Waals surface area contributed by atoms with Crippen molar-refractivity contribution in [2.24, 2.45) is 0 Å². The van der Waals surface area contributed by atoms with E-state index in [2.05, 4.69) is 49.4 Å². The Kier molecular flexibility index (Phi) is 5.25. The van der Waals surface area contributed by atoms with Gasteiger partial charge < -0.3 is 14.5 Å². The fraction of sp³-hybridized carbons (Fsp3) is 0.273. The monoisotopic (exact) mass is 418 g/mol. The summed E-state index contributed by atoms with van der Waals surface area (Å²) in [7, 11) is 1.68. The fourth-order valence-corrected chi connectivity index (χ4v) is 4.78. The standard InChI is InChI=1S/C22H22N6OS/c1-29-14-18-25-21(28-11-9-27(10-12-28)19-13-23-7-8-24-19)20-17(15-30-22(20)26-18)16-5-3-2-4-6-16/h2-8,13,15H,9-12,14H2,1H3. The zero-order chi connectivity index (χ0) is 20.3. The van der Waals surface area contributed by atoms with Gasteiger partial charge in [-0.1, -0.05) is 30.3 Å². The normalized spacial score (nSPS) is 14.4. The number of benzene rings is 1. The molecule has 4 heterocycles. The molecule has 4 aromatic rings. The molecule has 0 saturated carbocycles. The van der Waals surface area contributed by atoms with Crippen LogP contribution in [-0.4, -0.2) is 53.2 Å². The molecule has 1 aromatic carbocycles. The molecule has 30 heavy (non-hydrogen) atoms. The molecular formula is C22H22N6OS. The topological polar surface area (TPSA) is 67.3 Å². The molecule has 0 spiro atoms. The lowest BCUT2D eigenvalue weighted by Crippen LogP contribution is -2.47. The minimum Gasteiger partial charge on any atom is -0.377 e. The van der Waals surface area contributed by atoms with Crippen LogP contribution in [0.15, 0.2) is 54.3 Å². The summed E-state index contributed by atoms with van der Waals surface area (Å²) < 4.78 is 5.32. The van der Waals surface area contributed by atoms with Crippen LogP contribution in [0, 0.1) is 0 Å². The molecule has 152 valence electrons. The summed E-state index contributed by atoms with van der Waals surface area (Å²) in [6.07, 6.45) is 5.27. The second-order valence-corrected chi connectivity index (χ2v) is 7.99. The third-order valence-corrected chi connectivity index (χ3v) is 6.14. The maximum atomic E-state index is 5.32. The van der Waals surface area contributed by atoms with E-state index in [-0.39, 0.29) is 0 Å². The van der Waals surface area contributed by atoms with Crippen molar-refractivity contribution in [2.75, 3.05) is 43.1 Å². The number of aromatic nitrogens is 4. The average Bonchev–Trinajstić information content (AvgIpc) is 3.24. The number of rotatable bonds is 5. The number of nitrogens with zero attached hydrogens (tertiary/aromatic N) is 6. The smallest absolute Gasteiger partial charge is 0.158 e. The highest BCUT2D eigenvalue weighted by atomic mass is 32.1. The summed E-state index contributed by atoms with van der Waals surface area (Å²) >= 11 is 1.66. The van der Waals surface area contributed by atoms with Crippen LogP contribution >= 0.6 is 11.3 Å². The first-order chi connectivity index (χ1) is 14.8. The molecule has 0 N–H and O–H groups in total. The largest absolute Gasteiger partial charge is 0.377 e. The summed E-state index contributed by atoms with van der Waals surface area (Å²) in [6.45, 7) is 3.86. The summed E-state index contributed by atoms with van der Waals surface area (Å²) in [5, 5.41) is 3.31. The molecule has 0 amide bonds. The van der Waals surface area contributed by atoms with Gasteiger partial charge in [-0.2, -0.15) is 0 Å². The van der Waals surface area contributed by atoms with Gasteiger partial charge in [0.1, 0.15) is 23.1 Å². The van der Waals surface area contributed by atoms with Crippen LogP contribution in [0.3, 0.4) is 0 Å². The van der Waals surface area contributed by atoms with E-state index in [4.69, 9.17) is 14.7 Å². The van der Waals surface area contributed by atoms with E-state index < -0.39 is 0 Å². The molecule has 0 unspecified atom stereocenters. The molecule has 8 heteroatoms. The molecule has 0 radical (unpaired) electrons. The minimum absolute atomic E-state index is 0.404. The van der Waals surface area contributed by atoms with Crippen LogP contribution in [0.2, 0.25) is 0 Å². The molecule has 0 bridgehead atoms. The van der Waals surface area contributed by atoms with Gasteiger partial charge in [-0.05, 0) is 5.56 Å². The number of thiophene rings is 1. The van der Waals surface area contributed by atoms with Crippen molar-refractivity contribution in [3.8, 4) is 11.1 Å². The predicted octanol–water partition coefficient (Wildman–Crippen LogP) is 3.62. The quantitative estimate of drug-likeness (QED) is 0.490. The van der Waals surface area contributed by atoms with E-state index in [0.29, 0.717) is 6.61 Å². The van der Waals surface area contributed by atoms with Gasteiger partial charge in [-0.15, -0.1) is 11.3 Å². The third-order valence-electron chi connectivity index (χ3n) is 5.27. The van der Waals surface area contributed by atoms with Gasteiger partial charge in [0, 0.05) is 56.6 Å². The average molecular weight is 419 g/mol. The first-order valence-corrected chi connectivity index (χ1v) is 10.8. The van der Waals surface area contributed by atoms with Gasteiger partial charge in [0.05, 0.1) is 11.6 Å². The predicted molar refractivity (Wildman–Crippen MR) is 120 cm³/mol. The van der Waals surface area contributed by atoms with Crippen molar-refractivity contribution in [1.29, 1.82) is 0 Å². The van der Waals surface area contributed by atoms with Crippen molar-refractivity contribution in [2.45, 2.75) is 6.61 Å². The Morgan fingerprint density at radius 2 is 1.80 bits per heavy atom.